The van der Waals surface area contributed by atoms with Gasteiger partial charge < -0.3 is 10.4 Å². The first kappa shape index (κ1) is 14.6. The average molecular weight is 275 g/mol. The highest BCUT2D eigenvalue weighted by atomic mass is 16.4. The highest BCUT2D eigenvalue weighted by molar-refractivity contribution is 5.91. The lowest BCUT2D eigenvalue weighted by atomic mass is 9.87. The zero-order chi connectivity index (χ0) is 14.4. The summed E-state index contributed by atoms with van der Waals surface area (Å²) >= 11 is 0. The van der Waals surface area contributed by atoms with Crippen LogP contribution >= 0.6 is 0 Å². The number of hydrogen-bond donors (Lipinski definition) is 2. The zero-order valence-corrected chi connectivity index (χ0v) is 11.6. The molecular formula is C16H21NO3. The predicted molar refractivity (Wildman–Crippen MR) is 77.6 cm³/mol. The first-order valence-corrected chi connectivity index (χ1v) is 7.24. The van der Waals surface area contributed by atoms with Gasteiger partial charge in [0.15, 0.2) is 0 Å². The van der Waals surface area contributed by atoms with Crippen molar-refractivity contribution >= 4 is 17.6 Å². The summed E-state index contributed by atoms with van der Waals surface area (Å²) in [6.45, 7) is 0. The summed E-state index contributed by atoms with van der Waals surface area (Å²) in [5.41, 5.74) is 1.39. The van der Waals surface area contributed by atoms with Gasteiger partial charge in [0.2, 0.25) is 5.91 Å². The molecular weight excluding hydrogens is 254 g/mol. The van der Waals surface area contributed by atoms with E-state index in [0.717, 1.165) is 12.8 Å². The summed E-state index contributed by atoms with van der Waals surface area (Å²) in [6, 6.07) is 7.05. The number of carbonyl (C=O) groups is 2. The quantitative estimate of drug-likeness (QED) is 0.867. The van der Waals surface area contributed by atoms with Crippen LogP contribution in [0.4, 0.5) is 5.69 Å². The molecule has 0 radical (unpaired) electrons. The summed E-state index contributed by atoms with van der Waals surface area (Å²) in [4.78, 5) is 22.7. The van der Waals surface area contributed by atoms with E-state index in [4.69, 9.17) is 5.11 Å². The Hall–Kier alpha value is -1.84. The highest BCUT2D eigenvalue weighted by Crippen LogP contribution is 2.26. The third kappa shape index (κ3) is 4.68. The van der Waals surface area contributed by atoms with Crippen LogP contribution in [0.2, 0.25) is 0 Å². The molecule has 2 N–H and O–H groups in total. The Labute approximate surface area is 119 Å². The molecule has 1 aliphatic rings. The average Bonchev–Trinajstić information content (AvgIpc) is 2.39. The second-order valence-corrected chi connectivity index (χ2v) is 5.53. The molecule has 0 saturated heterocycles. The fraction of sp³-hybridized carbons (Fsp3) is 0.500. The van der Waals surface area contributed by atoms with E-state index in [0.29, 0.717) is 23.6 Å². The van der Waals surface area contributed by atoms with Gasteiger partial charge in [-0.1, -0.05) is 31.4 Å². The summed E-state index contributed by atoms with van der Waals surface area (Å²) < 4.78 is 0. The minimum Gasteiger partial charge on any atom is -0.481 e. The van der Waals surface area contributed by atoms with E-state index in [2.05, 4.69) is 5.32 Å². The van der Waals surface area contributed by atoms with Crippen LogP contribution in [0.3, 0.4) is 0 Å². The molecule has 0 atom stereocenters. The van der Waals surface area contributed by atoms with Crippen LogP contribution in [-0.4, -0.2) is 17.0 Å². The van der Waals surface area contributed by atoms with Crippen molar-refractivity contribution in [3.63, 3.8) is 0 Å². The van der Waals surface area contributed by atoms with E-state index >= 15 is 0 Å². The van der Waals surface area contributed by atoms with Crippen LogP contribution in [0, 0.1) is 5.92 Å². The second kappa shape index (κ2) is 7.08. The molecule has 0 aromatic heterocycles. The lowest BCUT2D eigenvalue weighted by molar-refractivity contribution is -0.136. The number of carboxylic acids is 1. The van der Waals surface area contributed by atoms with E-state index in [1.165, 1.54) is 19.3 Å². The molecule has 2 rings (SSSR count). The summed E-state index contributed by atoms with van der Waals surface area (Å²) in [5.74, 6) is -0.328. The Morgan fingerprint density at radius 1 is 1.20 bits per heavy atom. The van der Waals surface area contributed by atoms with E-state index in [9.17, 15) is 9.59 Å². The zero-order valence-electron chi connectivity index (χ0n) is 11.6. The second-order valence-electron chi connectivity index (χ2n) is 5.53. The molecule has 0 bridgehead atoms. The number of benzene rings is 1. The van der Waals surface area contributed by atoms with Gasteiger partial charge in [-0.2, -0.15) is 0 Å². The molecule has 1 fully saturated rings. The van der Waals surface area contributed by atoms with Crippen molar-refractivity contribution in [2.45, 2.75) is 44.9 Å². The largest absolute Gasteiger partial charge is 0.481 e. The SMILES string of the molecule is O=C(O)Cc1cccc(NC(=O)CC2CCCCC2)c1. The fourth-order valence-electron chi connectivity index (χ4n) is 2.80. The topological polar surface area (TPSA) is 66.4 Å². The number of nitrogens with one attached hydrogen (secondary N) is 1. The minimum absolute atomic E-state index is 0.0215. The van der Waals surface area contributed by atoms with Crippen molar-refractivity contribution < 1.29 is 14.7 Å². The summed E-state index contributed by atoms with van der Waals surface area (Å²) in [5, 5.41) is 11.6. The summed E-state index contributed by atoms with van der Waals surface area (Å²) in [6.07, 6.45) is 6.59. The van der Waals surface area contributed by atoms with Gasteiger partial charge >= 0.3 is 5.97 Å². The van der Waals surface area contributed by atoms with Gasteiger partial charge in [-0.3, -0.25) is 9.59 Å². The molecule has 0 spiro atoms. The van der Waals surface area contributed by atoms with Gasteiger partial charge in [0.1, 0.15) is 0 Å². The van der Waals surface area contributed by atoms with Crippen LogP contribution in [0.5, 0.6) is 0 Å². The van der Waals surface area contributed by atoms with Crippen LogP contribution < -0.4 is 5.32 Å². The van der Waals surface area contributed by atoms with Crippen LogP contribution in [0.25, 0.3) is 0 Å². The first-order valence-electron chi connectivity index (χ1n) is 7.24. The molecule has 1 amide bonds. The van der Waals surface area contributed by atoms with Gasteiger partial charge in [0, 0.05) is 12.1 Å². The highest BCUT2D eigenvalue weighted by Gasteiger charge is 2.17. The maximum atomic E-state index is 12.0. The first-order chi connectivity index (χ1) is 9.63. The Bertz CT molecular complexity index is 478. The van der Waals surface area contributed by atoms with Crippen LogP contribution in [-0.2, 0) is 16.0 Å². The normalized spacial score (nSPS) is 15.8. The monoisotopic (exact) mass is 275 g/mol. The lowest BCUT2D eigenvalue weighted by Gasteiger charge is -2.20. The van der Waals surface area contributed by atoms with Crippen molar-refractivity contribution in [1.82, 2.24) is 0 Å². The van der Waals surface area contributed by atoms with Crippen molar-refractivity contribution in [1.29, 1.82) is 0 Å². The molecule has 1 aliphatic carbocycles. The van der Waals surface area contributed by atoms with E-state index < -0.39 is 5.97 Å². The molecule has 4 nitrogen and oxygen atoms in total. The van der Waals surface area contributed by atoms with Gasteiger partial charge in [-0.05, 0) is 36.5 Å². The standard InChI is InChI=1S/C16H21NO3/c18-15(10-12-5-2-1-3-6-12)17-14-8-4-7-13(9-14)11-16(19)20/h4,7-9,12H,1-3,5-6,10-11H2,(H,17,18)(H,19,20). The van der Waals surface area contributed by atoms with Gasteiger partial charge in [0.25, 0.3) is 0 Å². The molecule has 0 aliphatic heterocycles. The number of amides is 1. The third-order valence-corrected chi connectivity index (χ3v) is 3.76. The van der Waals surface area contributed by atoms with Gasteiger partial charge in [-0.15, -0.1) is 0 Å². The van der Waals surface area contributed by atoms with E-state index in [1.807, 2.05) is 0 Å². The van der Waals surface area contributed by atoms with Crippen LogP contribution in [0.15, 0.2) is 24.3 Å². The lowest BCUT2D eigenvalue weighted by Crippen LogP contribution is -2.18. The molecule has 1 saturated carbocycles. The summed E-state index contributed by atoms with van der Waals surface area (Å²) in [7, 11) is 0. The smallest absolute Gasteiger partial charge is 0.307 e. The number of carbonyl (C=O) groups excluding carboxylic acids is 1. The number of aliphatic carboxylic acids is 1. The van der Waals surface area contributed by atoms with E-state index in [1.54, 1.807) is 24.3 Å². The maximum Gasteiger partial charge on any atom is 0.307 e. The molecule has 1 aromatic rings. The Morgan fingerprint density at radius 3 is 2.65 bits per heavy atom. The van der Waals surface area contributed by atoms with Crippen molar-refractivity contribution in [3.05, 3.63) is 29.8 Å². The molecule has 108 valence electrons. The Kier molecular flexibility index (Phi) is 5.16. The van der Waals surface area contributed by atoms with Crippen molar-refractivity contribution in [2.24, 2.45) is 5.92 Å². The maximum absolute atomic E-state index is 12.0. The fourth-order valence-corrected chi connectivity index (χ4v) is 2.80. The Balaban J connectivity index is 1.88. The Morgan fingerprint density at radius 2 is 1.95 bits per heavy atom. The predicted octanol–water partition coefficient (Wildman–Crippen LogP) is 3.22. The van der Waals surface area contributed by atoms with Crippen molar-refractivity contribution in [3.8, 4) is 0 Å². The number of carboxylic acid groups (broad SMARTS) is 1. The molecule has 1 aromatic carbocycles. The molecule has 0 heterocycles. The molecule has 0 unspecified atom stereocenters. The van der Waals surface area contributed by atoms with Gasteiger partial charge in [0.05, 0.1) is 6.42 Å². The number of anilines is 1. The molecule has 4 heteroatoms. The number of rotatable bonds is 5. The van der Waals surface area contributed by atoms with E-state index in [-0.39, 0.29) is 12.3 Å². The molecule has 20 heavy (non-hydrogen) atoms. The van der Waals surface area contributed by atoms with Gasteiger partial charge in [-0.25, -0.2) is 0 Å². The van der Waals surface area contributed by atoms with Crippen LogP contribution in [0.1, 0.15) is 44.1 Å². The number of hydrogen-bond acceptors (Lipinski definition) is 2. The van der Waals surface area contributed by atoms with Crippen molar-refractivity contribution in [2.75, 3.05) is 5.32 Å². The minimum atomic E-state index is -0.865. The third-order valence-electron chi connectivity index (χ3n) is 3.76.